The SMILES string of the molecule is CC1CCCC1NC(=O)[C@@H](N)Cc1c[nH]c2ccccc12. The summed E-state index contributed by atoms with van der Waals surface area (Å²) in [6.07, 6.45) is 5.99. The second-order valence-electron chi connectivity index (χ2n) is 6.19. The molecule has 112 valence electrons. The molecule has 1 aromatic heterocycles. The van der Waals surface area contributed by atoms with Crippen LogP contribution in [0.4, 0.5) is 0 Å². The summed E-state index contributed by atoms with van der Waals surface area (Å²) in [7, 11) is 0. The number of H-pyrrole nitrogens is 1. The molecule has 4 N–H and O–H groups in total. The van der Waals surface area contributed by atoms with E-state index in [0.29, 0.717) is 18.4 Å². The Kier molecular flexibility index (Phi) is 3.97. The van der Waals surface area contributed by atoms with Crippen molar-refractivity contribution in [3.63, 3.8) is 0 Å². The third-order valence-electron chi connectivity index (χ3n) is 4.64. The van der Waals surface area contributed by atoms with Crippen LogP contribution in [0, 0.1) is 5.92 Å². The maximum absolute atomic E-state index is 12.3. The molecule has 1 aliphatic carbocycles. The molecule has 3 rings (SSSR count). The number of aromatic nitrogens is 1. The zero-order valence-electron chi connectivity index (χ0n) is 12.4. The van der Waals surface area contributed by atoms with Gasteiger partial charge in [0.05, 0.1) is 6.04 Å². The van der Waals surface area contributed by atoms with Crippen LogP contribution in [0.15, 0.2) is 30.5 Å². The van der Waals surface area contributed by atoms with Crippen LogP contribution in [0.3, 0.4) is 0 Å². The number of rotatable bonds is 4. The van der Waals surface area contributed by atoms with Crippen molar-refractivity contribution in [2.24, 2.45) is 11.7 Å². The zero-order chi connectivity index (χ0) is 14.8. The Labute approximate surface area is 125 Å². The Bertz CT molecular complexity index is 634. The van der Waals surface area contributed by atoms with Crippen LogP contribution in [0.5, 0.6) is 0 Å². The summed E-state index contributed by atoms with van der Waals surface area (Å²) in [5.41, 5.74) is 8.29. The summed E-state index contributed by atoms with van der Waals surface area (Å²) in [6.45, 7) is 2.20. The lowest BCUT2D eigenvalue weighted by Crippen LogP contribution is -2.47. The van der Waals surface area contributed by atoms with E-state index in [2.05, 4.69) is 23.3 Å². The first-order valence-electron chi connectivity index (χ1n) is 7.76. The number of nitrogens with two attached hydrogens (primary N) is 1. The number of hydrogen-bond acceptors (Lipinski definition) is 2. The van der Waals surface area contributed by atoms with Crippen molar-refractivity contribution in [1.29, 1.82) is 0 Å². The molecule has 2 unspecified atom stereocenters. The molecule has 0 aliphatic heterocycles. The van der Waals surface area contributed by atoms with Gasteiger partial charge in [-0.2, -0.15) is 0 Å². The molecule has 1 fully saturated rings. The van der Waals surface area contributed by atoms with Crippen molar-refractivity contribution in [1.82, 2.24) is 10.3 Å². The number of fused-ring (bicyclic) bond motifs is 1. The first-order valence-corrected chi connectivity index (χ1v) is 7.76. The third-order valence-corrected chi connectivity index (χ3v) is 4.64. The molecule has 3 atom stereocenters. The molecule has 0 spiro atoms. The number of hydrogen-bond donors (Lipinski definition) is 3. The second-order valence-corrected chi connectivity index (χ2v) is 6.19. The number of carbonyl (C=O) groups is 1. The van der Waals surface area contributed by atoms with Crippen LogP contribution in [-0.2, 0) is 11.2 Å². The third kappa shape index (κ3) is 2.95. The molecule has 2 aromatic rings. The fourth-order valence-corrected chi connectivity index (χ4v) is 3.28. The summed E-state index contributed by atoms with van der Waals surface area (Å²) in [5.74, 6) is 0.535. The highest BCUT2D eigenvalue weighted by Gasteiger charge is 2.26. The van der Waals surface area contributed by atoms with Crippen LogP contribution in [0.1, 0.15) is 31.7 Å². The fraction of sp³-hybridized carbons (Fsp3) is 0.471. The van der Waals surface area contributed by atoms with Gasteiger partial charge in [-0.05, 0) is 36.8 Å². The highest BCUT2D eigenvalue weighted by atomic mass is 16.2. The monoisotopic (exact) mass is 285 g/mol. The van der Waals surface area contributed by atoms with Crippen molar-refractivity contribution in [3.05, 3.63) is 36.0 Å². The van der Waals surface area contributed by atoms with Crippen molar-refractivity contribution in [2.45, 2.75) is 44.7 Å². The van der Waals surface area contributed by atoms with Crippen LogP contribution in [0.2, 0.25) is 0 Å². The molecule has 1 aliphatic rings. The van der Waals surface area contributed by atoms with E-state index in [1.807, 2.05) is 24.4 Å². The van der Waals surface area contributed by atoms with Crippen LogP contribution in [0.25, 0.3) is 10.9 Å². The normalized spacial score (nSPS) is 23.3. The molecule has 1 heterocycles. The predicted octanol–water partition coefficient (Wildman–Crippen LogP) is 2.34. The molecule has 4 nitrogen and oxygen atoms in total. The molecular weight excluding hydrogens is 262 g/mol. The van der Waals surface area contributed by atoms with Gasteiger partial charge in [0.15, 0.2) is 0 Å². The van der Waals surface area contributed by atoms with Crippen molar-refractivity contribution < 1.29 is 4.79 Å². The van der Waals surface area contributed by atoms with E-state index in [-0.39, 0.29) is 5.91 Å². The summed E-state index contributed by atoms with van der Waals surface area (Å²) < 4.78 is 0. The number of aromatic amines is 1. The highest BCUT2D eigenvalue weighted by molar-refractivity contribution is 5.86. The first-order chi connectivity index (χ1) is 10.1. The smallest absolute Gasteiger partial charge is 0.237 e. The molecule has 0 radical (unpaired) electrons. The molecule has 4 heteroatoms. The Morgan fingerprint density at radius 1 is 1.43 bits per heavy atom. The van der Waals surface area contributed by atoms with Crippen LogP contribution in [-0.4, -0.2) is 23.0 Å². The minimum atomic E-state index is -0.489. The van der Waals surface area contributed by atoms with Crippen molar-refractivity contribution in [3.8, 4) is 0 Å². The van der Waals surface area contributed by atoms with E-state index in [1.54, 1.807) is 0 Å². The minimum Gasteiger partial charge on any atom is -0.361 e. The van der Waals surface area contributed by atoms with Gasteiger partial charge in [-0.1, -0.05) is 31.5 Å². The number of nitrogens with one attached hydrogen (secondary N) is 2. The maximum Gasteiger partial charge on any atom is 0.237 e. The number of benzene rings is 1. The predicted molar refractivity (Wildman–Crippen MR) is 84.9 cm³/mol. The summed E-state index contributed by atoms with van der Waals surface area (Å²) in [4.78, 5) is 15.5. The Balaban J connectivity index is 1.65. The summed E-state index contributed by atoms with van der Waals surface area (Å²) >= 11 is 0. The van der Waals surface area contributed by atoms with E-state index in [4.69, 9.17) is 5.73 Å². The van der Waals surface area contributed by atoms with Gasteiger partial charge < -0.3 is 16.0 Å². The lowest BCUT2D eigenvalue weighted by molar-refractivity contribution is -0.123. The van der Waals surface area contributed by atoms with Crippen LogP contribution >= 0.6 is 0 Å². The van der Waals surface area contributed by atoms with Gasteiger partial charge >= 0.3 is 0 Å². The van der Waals surface area contributed by atoms with E-state index < -0.39 is 6.04 Å². The fourth-order valence-electron chi connectivity index (χ4n) is 3.28. The molecule has 0 bridgehead atoms. The summed E-state index contributed by atoms with van der Waals surface area (Å²) in [5, 5.41) is 4.26. The van der Waals surface area contributed by atoms with Gasteiger partial charge in [0.1, 0.15) is 0 Å². The average Bonchev–Trinajstić information content (AvgIpc) is 3.07. The van der Waals surface area contributed by atoms with E-state index in [9.17, 15) is 4.79 Å². The topological polar surface area (TPSA) is 70.9 Å². The zero-order valence-corrected chi connectivity index (χ0v) is 12.4. The van der Waals surface area contributed by atoms with Gasteiger partial charge in [0.2, 0.25) is 5.91 Å². The highest BCUT2D eigenvalue weighted by Crippen LogP contribution is 2.25. The Morgan fingerprint density at radius 3 is 3.00 bits per heavy atom. The Morgan fingerprint density at radius 2 is 2.24 bits per heavy atom. The van der Waals surface area contributed by atoms with E-state index in [0.717, 1.165) is 22.9 Å². The van der Waals surface area contributed by atoms with Crippen molar-refractivity contribution in [2.75, 3.05) is 0 Å². The standard InChI is InChI=1S/C17H23N3O/c1-11-5-4-8-15(11)20-17(21)14(18)9-12-10-19-16-7-3-2-6-13(12)16/h2-3,6-7,10-11,14-15,19H,4-5,8-9,18H2,1H3,(H,20,21)/t11?,14-,15?/m0/s1. The lowest BCUT2D eigenvalue weighted by Gasteiger charge is -2.20. The van der Waals surface area contributed by atoms with Gasteiger partial charge in [-0.25, -0.2) is 0 Å². The molecule has 21 heavy (non-hydrogen) atoms. The van der Waals surface area contributed by atoms with Gasteiger partial charge in [0.25, 0.3) is 0 Å². The van der Waals surface area contributed by atoms with Gasteiger partial charge in [-0.3, -0.25) is 4.79 Å². The first kappa shape index (κ1) is 14.1. The van der Waals surface area contributed by atoms with E-state index in [1.165, 1.54) is 12.8 Å². The van der Waals surface area contributed by atoms with E-state index >= 15 is 0 Å². The molecular formula is C17H23N3O. The van der Waals surface area contributed by atoms with Gasteiger partial charge in [0, 0.05) is 23.1 Å². The number of amides is 1. The van der Waals surface area contributed by atoms with Gasteiger partial charge in [-0.15, -0.1) is 0 Å². The van der Waals surface area contributed by atoms with Crippen molar-refractivity contribution >= 4 is 16.8 Å². The summed E-state index contributed by atoms with van der Waals surface area (Å²) in [6, 6.07) is 7.90. The largest absolute Gasteiger partial charge is 0.361 e. The quantitative estimate of drug-likeness (QED) is 0.807. The van der Waals surface area contributed by atoms with Crippen LogP contribution < -0.4 is 11.1 Å². The Hall–Kier alpha value is -1.81. The lowest BCUT2D eigenvalue weighted by atomic mass is 10.0. The molecule has 1 saturated carbocycles. The average molecular weight is 285 g/mol. The second kappa shape index (κ2) is 5.90. The molecule has 1 aromatic carbocycles. The molecule has 0 saturated heterocycles. The minimum absolute atomic E-state index is 0.0287. The molecule has 1 amide bonds. The number of carbonyl (C=O) groups excluding carboxylic acids is 1. The maximum atomic E-state index is 12.3. The number of para-hydroxylation sites is 1.